The highest BCUT2D eigenvalue weighted by Gasteiger charge is 2.15. The Morgan fingerprint density at radius 3 is 2.78 bits per heavy atom. The number of aromatic nitrogens is 2. The highest BCUT2D eigenvalue weighted by molar-refractivity contribution is 5.79. The molecule has 0 aliphatic carbocycles. The third kappa shape index (κ3) is 2.02. The van der Waals surface area contributed by atoms with Gasteiger partial charge in [-0.1, -0.05) is 12.1 Å². The van der Waals surface area contributed by atoms with Gasteiger partial charge < -0.3 is 9.88 Å². The van der Waals surface area contributed by atoms with Gasteiger partial charge in [-0.05, 0) is 18.6 Å². The minimum absolute atomic E-state index is 0.951. The van der Waals surface area contributed by atoms with Gasteiger partial charge in [0, 0.05) is 33.2 Å². The lowest BCUT2D eigenvalue weighted by atomic mass is 10.2. The third-order valence-electron chi connectivity index (χ3n) is 3.76. The Hall–Kier alpha value is -1.39. The van der Waals surface area contributed by atoms with E-state index in [2.05, 4.69) is 47.0 Å². The maximum absolute atomic E-state index is 4.77. The van der Waals surface area contributed by atoms with E-state index in [4.69, 9.17) is 4.98 Å². The van der Waals surface area contributed by atoms with Crippen molar-refractivity contribution < 1.29 is 0 Å². The van der Waals surface area contributed by atoms with E-state index in [0.29, 0.717) is 0 Å². The van der Waals surface area contributed by atoms with Crippen molar-refractivity contribution in [2.75, 3.05) is 26.2 Å². The van der Waals surface area contributed by atoms with Crippen molar-refractivity contribution in [3.8, 4) is 0 Å². The molecule has 0 bridgehead atoms. The quantitative estimate of drug-likeness (QED) is 0.864. The molecule has 1 aliphatic heterocycles. The number of hydrogen-bond acceptors (Lipinski definition) is 3. The zero-order chi connectivity index (χ0) is 12.5. The van der Waals surface area contributed by atoms with Crippen LogP contribution < -0.4 is 5.32 Å². The van der Waals surface area contributed by atoms with Crippen LogP contribution in [0.5, 0.6) is 0 Å². The van der Waals surface area contributed by atoms with Crippen LogP contribution in [0.2, 0.25) is 0 Å². The smallest absolute Gasteiger partial charge is 0.123 e. The first-order valence-electron chi connectivity index (χ1n) is 6.60. The van der Waals surface area contributed by atoms with Crippen LogP contribution in [0, 0.1) is 6.92 Å². The fourth-order valence-corrected chi connectivity index (χ4v) is 2.72. The summed E-state index contributed by atoms with van der Waals surface area (Å²) in [6, 6.07) is 6.33. The van der Waals surface area contributed by atoms with Gasteiger partial charge in [-0.25, -0.2) is 4.98 Å². The third-order valence-corrected chi connectivity index (χ3v) is 3.76. The van der Waals surface area contributed by atoms with E-state index >= 15 is 0 Å². The summed E-state index contributed by atoms with van der Waals surface area (Å²) in [5, 5.41) is 3.38. The summed E-state index contributed by atoms with van der Waals surface area (Å²) in [7, 11) is 2.12. The van der Waals surface area contributed by atoms with Crippen molar-refractivity contribution in [2.45, 2.75) is 13.5 Å². The fourth-order valence-electron chi connectivity index (χ4n) is 2.72. The summed E-state index contributed by atoms with van der Waals surface area (Å²) >= 11 is 0. The molecule has 96 valence electrons. The SMILES string of the molecule is Cc1cccc2nc(CN3CCNCC3)n(C)c12. The number of imidazole rings is 1. The normalized spacial score (nSPS) is 17.4. The van der Waals surface area contributed by atoms with Crippen molar-refractivity contribution in [3.05, 3.63) is 29.6 Å². The Morgan fingerprint density at radius 2 is 2.06 bits per heavy atom. The molecule has 1 N–H and O–H groups in total. The zero-order valence-electron chi connectivity index (χ0n) is 11.1. The second-order valence-corrected chi connectivity index (χ2v) is 5.06. The van der Waals surface area contributed by atoms with Crippen molar-refractivity contribution in [1.29, 1.82) is 0 Å². The van der Waals surface area contributed by atoms with Gasteiger partial charge >= 0.3 is 0 Å². The second kappa shape index (κ2) is 4.71. The van der Waals surface area contributed by atoms with E-state index in [1.165, 1.54) is 16.9 Å². The molecule has 3 rings (SSSR count). The Balaban J connectivity index is 1.92. The largest absolute Gasteiger partial charge is 0.330 e. The predicted octanol–water partition coefficient (Wildman–Crippen LogP) is 1.29. The number of nitrogens with zero attached hydrogens (tertiary/aromatic N) is 3. The van der Waals surface area contributed by atoms with Crippen LogP contribution in [0.25, 0.3) is 11.0 Å². The van der Waals surface area contributed by atoms with Gasteiger partial charge in [0.25, 0.3) is 0 Å². The van der Waals surface area contributed by atoms with E-state index in [1.807, 2.05) is 0 Å². The summed E-state index contributed by atoms with van der Waals surface area (Å²) in [6.45, 7) is 7.50. The number of benzene rings is 1. The van der Waals surface area contributed by atoms with Gasteiger partial charge in [-0.3, -0.25) is 4.90 Å². The molecule has 0 atom stereocenters. The lowest BCUT2D eigenvalue weighted by Gasteiger charge is -2.26. The summed E-state index contributed by atoms with van der Waals surface area (Å²) in [4.78, 5) is 7.23. The van der Waals surface area contributed by atoms with Gasteiger partial charge in [0.1, 0.15) is 5.82 Å². The maximum Gasteiger partial charge on any atom is 0.123 e. The standard InChI is InChI=1S/C14H20N4/c1-11-4-3-5-12-14(11)17(2)13(16-12)10-18-8-6-15-7-9-18/h3-5,15H,6-10H2,1-2H3. The molecule has 1 fully saturated rings. The molecule has 0 radical (unpaired) electrons. The number of nitrogens with one attached hydrogen (secondary N) is 1. The Labute approximate surface area is 108 Å². The summed E-state index contributed by atoms with van der Waals surface area (Å²) < 4.78 is 2.24. The molecule has 1 aliphatic rings. The van der Waals surface area contributed by atoms with Crippen LogP contribution in [-0.2, 0) is 13.6 Å². The van der Waals surface area contributed by atoms with Crippen LogP contribution in [0.15, 0.2) is 18.2 Å². The molecule has 0 spiro atoms. The zero-order valence-corrected chi connectivity index (χ0v) is 11.1. The minimum atomic E-state index is 0.951. The van der Waals surface area contributed by atoms with Gasteiger partial charge in [-0.15, -0.1) is 0 Å². The highest BCUT2D eigenvalue weighted by Crippen LogP contribution is 2.19. The molecule has 0 unspecified atom stereocenters. The fraction of sp³-hybridized carbons (Fsp3) is 0.500. The number of hydrogen-bond donors (Lipinski definition) is 1. The average Bonchev–Trinajstić information content (AvgIpc) is 2.69. The van der Waals surface area contributed by atoms with Gasteiger partial charge in [0.05, 0.1) is 17.6 Å². The number of fused-ring (bicyclic) bond motifs is 1. The van der Waals surface area contributed by atoms with Gasteiger partial charge in [0.15, 0.2) is 0 Å². The average molecular weight is 244 g/mol. The first kappa shape index (κ1) is 11.7. The molecule has 0 amide bonds. The van der Waals surface area contributed by atoms with E-state index < -0.39 is 0 Å². The highest BCUT2D eigenvalue weighted by atomic mass is 15.2. The van der Waals surface area contributed by atoms with Crippen molar-refractivity contribution in [3.63, 3.8) is 0 Å². The lowest BCUT2D eigenvalue weighted by molar-refractivity contribution is 0.226. The van der Waals surface area contributed by atoms with Crippen LogP contribution >= 0.6 is 0 Å². The molecular weight excluding hydrogens is 224 g/mol. The number of rotatable bonds is 2. The van der Waals surface area contributed by atoms with Crippen LogP contribution in [-0.4, -0.2) is 40.6 Å². The number of piperazine rings is 1. The maximum atomic E-state index is 4.77. The van der Waals surface area contributed by atoms with Crippen molar-refractivity contribution in [1.82, 2.24) is 19.8 Å². The first-order chi connectivity index (χ1) is 8.75. The first-order valence-corrected chi connectivity index (χ1v) is 6.60. The molecule has 2 heterocycles. The van der Waals surface area contributed by atoms with Crippen molar-refractivity contribution in [2.24, 2.45) is 7.05 Å². The Bertz CT molecular complexity index is 552. The number of aryl methyl sites for hydroxylation is 2. The lowest BCUT2D eigenvalue weighted by Crippen LogP contribution is -2.43. The predicted molar refractivity (Wildman–Crippen MR) is 73.6 cm³/mol. The molecule has 1 saturated heterocycles. The summed E-state index contributed by atoms with van der Waals surface area (Å²) in [5.74, 6) is 1.17. The van der Waals surface area contributed by atoms with Gasteiger partial charge in [-0.2, -0.15) is 0 Å². The molecule has 4 heteroatoms. The molecular formula is C14H20N4. The summed E-state index contributed by atoms with van der Waals surface area (Å²) in [5.41, 5.74) is 3.68. The van der Waals surface area contributed by atoms with E-state index in [-0.39, 0.29) is 0 Å². The number of para-hydroxylation sites is 1. The molecule has 4 nitrogen and oxygen atoms in total. The molecule has 2 aromatic rings. The molecule has 1 aromatic heterocycles. The van der Waals surface area contributed by atoms with E-state index in [0.717, 1.165) is 38.2 Å². The van der Waals surface area contributed by atoms with Gasteiger partial charge in [0.2, 0.25) is 0 Å². The molecule has 1 aromatic carbocycles. The monoisotopic (exact) mass is 244 g/mol. The second-order valence-electron chi connectivity index (χ2n) is 5.06. The Morgan fingerprint density at radius 1 is 1.28 bits per heavy atom. The topological polar surface area (TPSA) is 33.1 Å². The van der Waals surface area contributed by atoms with Crippen LogP contribution in [0.1, 0.15) is 11.4 Å². The van der Waals surface area contributed by atoms with E-state index in [9.17, 15) is 0 Å². The van der Waals surface area contributed by atoms with Crippen LogP contribution in [0.3, 0.4) is 0 Å². The molecule has 18 heavy (non-hydrogen) atoms. The molecule has 0 saturated carbocycles. The summed E-state index contributed by atoms with van der Waals surface area (Å²) in [6.07, 6.45) is 0. The Kier molecular flexibility index (Phi) is 3.06. The van der Waals surface area contributed by atoms with E-state index in [1.54, 1.807) is 0 Å². The minimum Gasteiger partial charge on any atom is -0.330 e. The van der Waals surface area contributed by atoms with Crippen molar-refractivity contribution >= 4 is 11.0 Å². The van der Waals surface area contributed by atoms with Crippen LogP contribution in [0.4, 0.5) is 0 Å².